The smallest absolute Gasteiger partial charge is 0.410 e. The number of epoxide rings is 1. The molecule has 0 bridgehead atoms. The van der Waals surface area contributed by atoms with Crippen LogP contribution in [0.2, 0.25) is 0 Å². The van der Waals surface area contributed by atoms with E-state index in [0.717, 1.165) is 5.56 Å². The van der Waals surface area contributed by atoms with Crippen LogP contribution in [0.3, 0.4) is 0 Å². The van der Waals surface area contributed by atoms with Gasteiger partial charge < -0.3 is 60.2 Å². The number of methoxy groups -OCH3 is 1. The number of rotatable bonds is 21. The summed E-state index contributed by atoms with van der Waals surface area (Å²) in [6.45, 7) is 19.1. The number of cyclic esters (lactones) is 1. The minimum atomic E-state index is -1.21. The summed E-state index contributed by atoms with van der Waals surface area (Å²) in [5.74, 6) is -2.82. The molecule has 0 radical (unpaired) electrons. The van der Waals surface area contributed by atoms with Gasteiger partial charge >= 0.3 is 18.0 Å². The van der Waals surface area contributed by atoms with Crippen molar-refractivity contribution in [2.45, 2.75) is 174 Å². The molecule has 12 atom stereocenters. The summed E-state index contributed by atoms with van der Waals surface area (Å²) in [6, 6.07) is 5.82. The number of ether oxygens (including phenoxy) is 4. The van der Waals surface area contributed by atoms with E-state index in [2.05, 4.69) is 10.6 Å². The Hall–Kier alpha value is -4.69. The van der Waals surface area contributed by atoms with Crippen molar-refractivity contribution >= 4 is 35.5 Å². The molecule has 2 saturated heterocycles. The Morgan fingerprint density at radius 1 is 1.08 bits per heavy atom. The lowest BCUT2D eigenvalue weighted by Gasteiger charge is -2.45. The van der Waals surface area contributed by atoms with Crippen LogP contribution < -0.4 is 16.4 Å². The van der Waals surface area contributed by atoms with Crippen LogP contribution in [0.25, 0.3) is 0 Å². The number of amides is 3. The molecule has 3 aliphatic heterocycles. The normalized spacial score (nSPS) is 28.2. The Balaban J connectivity index is 1.46. The summed E-state index contributed by atoms with van der Waals surface area (Å²) < 4.78 is 24.6. The fraction of sp³-hybridized carbons (Fsp3) is 0.679. The predicted octanol–water partition coefficient (Wildman–Crippen LogP) is 4.99. The second-order valence-corrected chi connectivity index (χ2v) is 21.0. The maximum atomic E-state index is 14.1. The molecule has 71 heavy (non-hydrogen) atoms. The van der Waals surface area contributed by atoms with E-state index in [4.69, 9.17) is 24.7 Å². The van der Waals surface area contributed by atoms with Crippen molar-refractivity contribution in [1.82, 2.24) is 10.2 Å². The second-order valence-electron chi connectivity index (χ2n) is 21.0. The molecule has 0 spiro atoms. The molecule has 8 N–H and O–H groups in total. The maximum Gasteiger partial charge on any atom is 0.410 e. The number of benzene rings is 1. The minimum absolute atomic E-state index is 0.000714. The molecule has 3 heterocycles. The van der Waals surface area contributed by atoms with Gasteiger partial charge in [-0.15, -0.1) is 0 Å². The lowest BCUT2D eigenvalue weighted by atomic mass is 9.88. The van der Waals surface area contributed by atoms with Crippen LogP contribution in [0.5, 0.6) is 0 Å². The van der Waals surface area contributed by atoms with Gasteiger partial charge in [0, 0.05) is 43.0 Å². The van der Waals surface area contributed by atoms with E-state index in [1.165, 1.54) is 7.11 Å². The summed E-state index contributed by atoms with van der Waals surface area (Å²) in [6.07, 6.45) is 6.24. The van der Waals surface area contributed by atoms with Gasteiger partial charge in [-0.1, -0.05) is 71.1 Å². The van der Waals surface area contributed by atoms with Crippen LogP contribution in [0.4, 0.5) is 10.5 Å². The lowest BCUT2D eigenvalue weighted by Crippen LogP contribution is -2.60. The van der Waals surface area contributed by atoms with E-state index in [1.54, 1.807) is 62.1 Å². The number of quaternary nitrogens is 1. The summed E-state index contributed by atoms with van der Waals surface area (Å²) in [5.41, 5.74) is 5.82. The number of nitrogens with one attached hydrogen (secondary N) is 2. The third-order valence-corrected chi connectivity index (χ3v) is 14.5. The molecule has 0 aromatic heterocycles. The molecule has 1 aromatic carbocycles. The standard InChI is InChI=1S/C53H83N5O13/c1-11-41(60)36(6)48-42(69-48)31-52(8,67)23-12-14-34(4)47-35(5)16-21-43(53(9,68-10)24-22-40(59)30-45(63)71-47)70-51(66)57-25-28-58(29-26-57,27-13-15-44(61)62)32-38-17-19-39(20-18-38)56-49(64)37(7)55-50(65)46(54)33(2)3/h12,14,16-21,23,33,35-37,40-43,46-48,59-60,67H,11,13,15,22,24-32,54H2,1-10H3,(H2-,55,56,61,62,64,65)/p+1/b21-16+,23-12+,34-14+/t35-,36+,37?,40+,41-,42?,43-,46-,47?,48+,52-,53+/m0/s1. The Kier molecular flexibility index (Phi) is 21.8. The Morgan fingerprint density at radius 3 is 2.35 bits per heavy atom. The molecule has 3 amide bonds. The number of aliphatic hydroxyl groups is 3. The number of aliphatic hydroxyl groups excluding tert-OH is 2. The molecule has 18 nitrogen and oxygen atoms in total. The van der Waals surface area contributed by atoms with Crippen molar-refractivity contribution in [1.29, 1.82) is 0 Å². The first-order valence-corrected chi connectivity index (χ1v) is 25.3. The van der Waals surface area contributed by atoms with E-state index in [1.807, 2.05) is 59.8 Å². The highest BCUT2D eigenvalue weighted by molar-refractivity contribution is 5.97. The fourth-order valence-corrected chi connectivity index (χ4v) is 9.30. The number of carbonyl (C=O) groups is 5. The van der Waals surface area contributed by atoms with Gasteiger partial charge in [-0.3, -0.25) is 24.1 Å². The van der Waals surface area contributed by atoms with E-state index in [9.17, 15) is 44.4 Å². The fourth-order valence-electron chi connectivity index (χ4n) is 9.30. The highest BCUT2D eigenvalue weighted by Crippen LogP contribution is 2.38. The summed E-state index contributed by atoms with van der Waals surface area (Å²) in [7, 11) is 1.52. The molecule has 3 aliphatic rings. The van der Waals surface area contributed by atoms with Crippen molar-refractivity contribution in [3.8, 4) is 0 Å². The van der Waals surface area contributed by atoms with Gasteiger partial charge in [-0.2, -0.15) is 0 Å². The maximum absolute atomic E-state index is 14.1. The SMILES string of the molecule is CC[C@H](O)[C@@H](C)[C@H]1OC1C[C@@](C)(O)/C=C/C=C(\C)C1OC(=O)C[C@H](O)CC[C@@](C)(OC)[C@@H](OC(=O)N2CC[N+](CCCC(=O)O)(Cc3ccc(NC(=O)C(C)NC(=O)[C@@H](N)C(C)C)cc3)CC2)/C=C/[C@@H]1C. The highest BCUT2D eigenvalue weighted by atomic mass is 16.6. The Labute approximate surface area is 420 Å². The number of nitrogens with two attached hydrogens (primary N) is 1. The van der Waals surface area contributed by atoms with Crippen molar-refractivity contribution in [2.75, 3.05) is 45.2 Å². The van der Waals surface area contributed by atoms with Crippen LogP contribution >= 0.6 is 0 Å². The van der Waals surface area contributed by atoms with E-state index >= 15 is 0 Å². The van der Waals surface area contributed by atoms with Crippen LogP contribution in [-0.2, 0) is 44.7 Å². The number of carboxylic acids is 1. The lowest BCUT2D eigenvalue weighted by molar-refractivity contribution is -0.944. The number of aliphatic carboxylic acids is 1. The van der Waals surface area contributed by atoms with Crippen molar-refractivity contribution in [3.63, 3.8) is 0 Å². The van der Waals surface area contributed by atoms with Crippen molar-refractivity contribution in [2.24, 2.45) is 23.5 Å². The third kappa shape index (κ3) is 17.8. The zero-order valence-electron chi connectivity index (χ0n) is 43.7. The Bertz CT molecular complexity index is 2030. The van der Waals surface area contributed by atoms with Crippen molar-refractivity contribution < 1.29 is 67.8 Å². The molecular weight excluding hydrogens is 915 g/mol. The summed E-state index contributed by atoms with van der Waals surface area (Å²) in [4.78, 5) is 65.8. The van der Waals surface area contributed by atoms with Gasteiger partial charge in [-0.25, -0.2) is 4.79 Å². The van der Waals surface area contributed by atoms with Crippen LogP contribution in [-0.4, -0.2) is 159 Å². The van der Waals surface area contributed by atoms with Gasteiger partial charge in [0.05, 0.1) is 81.6 Å². The average Bonchev–Trinajstić information content (AvgIpc) is 4.08. The molecule has 0 aliphatic carbocycles. The average molecular weight is 999 g/mol. The number of hydrogen-bond donors (Lipinski definition) is 7. The molecular formula is C53H84N5O13+. The van der Waals surface area contributed by atoms with E-state index in [-0.39, 0.29) is 49.7 Å². The van der Waals surface area contributed by atoms with Crippen LogP contribution in [0, 0.1) is 17.8 Å². The predicted molar refractivity (Wildman–Crippen MR) is 268 cm³/mol. The van der Waals surface area contributed by atoms with Gasteiger partial charge in [-0.05, 0) is 76.7 Å². The molecule has 2 fully saturated rings. The Morgan fingerprint density at radius 2 is 1.75 bits per heavy atom. The van der Waals surface area contributed by atoms with E-state index in [0.29, 0.717) is 74.3 Å². The quantitative estimate of drug-likeness (QED) is 0.0282. The molecule has 398 valence electrons. The first-order valence-electron chi connectivity index (χ1n) is 25.3. The molecule has 3 unspecified atom stereocenters. The number of hydrogen-bond acceptors (Lipinski definition) is 13. The summed E-state index contributed by atoms with van der Waals surface area (Å²) >= 11 is 0. The number of allylic oxidation sites excluding steroid dienone is 2. The van der Waals surface area contributed by atoms with Gasteiger partial charge in [0.1, 0.15) is 24.3 Å². The zero-order valence-corrected chi connectivity index (χ0v) is 43.7. The largest absolute Gasteiger partial charge is 0.481 e. The third-order valence-electron chi connectivity index (χ3n) is 14.5. The number of carboxylic acid groups (broad SMARTS) is 1. The molecule has 18 heteroatoms. The van der Waals surface area contributed by atoms with Gasteiger partial charge in [0.25, 0.3) is 0 Å². The van der Waals surface area contributed by atoms with Crippen molar-refractivity contribution in [3.05, 3.63) is 65.8 Å². The number of piperazine rings is 1. The molecule has 4 rings (SSSR count). The number of carbonyl (C=O) groups excluding carboxylic acids is 4. The van der Waals surface area contributed by atoms with E-state index < -0.39 is 83.5 Å². The van der Waals surface area contributed by atoms with Crippen LogP contribution in [0.1, 0.15) is 113 Å². The topological polar surface area (TPSA) is 260 Å². The molecule has 0 saturated carbocycles. The summed E-state index contributed by atoms with van der Waals surface area (Å²) in [5, 5.41) is 47.4. The zero-order chi connectivity index (χ0) is 52.8. The number of nitrogens with zero attached hydrogens (tertiary/aromatic N) is 2. The van der Waals surface area contributed by atoms with Gasteiger partial charge in [0.2, 0.25) is 11.8 Å². The van der Waals surface area contributed by atoms with Crippen LogP contribution in [0.15, 0.2) is 60.2 Å². The number of anilines is 1. The first-order chi connectivity index (χ1) is 33.3. The highest BCUT2D eigenvalue weighted by Gasteiger charge is 2.47. The minimum Gasteiger partial charge on any atom is -0.481 e. The molecule has 1 aromatic rings. The number of esters is 1. The monoisotopic (exact) mass is 999 g/mol. The second kappa shape index (κ2) is 26.3. The van der Waals surface area contributed by atoms with Gasteiger partial charge in [0.15, 0.2) is 6.10 Å². The first kappa shape index (κ1) is 58.9.